The Labute approximate surface area is 101 Å². The van der Waals surface area contributed by atoms with E-state index in [0.29, 0.717) is 5.92 Å². The van der Waals surface area contributed by atoms with Gasteiger partial charge in [-0.05, 0) is 31.8 Å². The second-order valence-electron chi connectivity index (χ2n) is 4.15. The fraction of sp³-hybridized carbons (Fsp3) is 0.727. The van der Waals surface area contributed by atoms with Gasteiger partial charge in [-0.1, -0.05) is 17.7 Å². The molecule has 16 heavy (non-hydrogen) atoms. The second kappa shape index (κ2) is 7.65. The third kappa shape index (κ3) is 5.49. The van der Waals surface area contributed by atoms with Gasteiger partial charge in [0.2, 0.25) is 0 Å². The zero-order valence-electron chi connectivity index (χ0n) is 9.36. The summed E-state index contributed by atoms with van der Waals surface area (Å²) < 4.78 is 0. The molecule has 0 spiro atoms. The summed E-state index contributed by atoms with van der Waals surface area (Å²) in [5, 5.41) is 11.5. The van der Waals surface area contributed by atoms with Gasteiger partial charge in [0.05, 0.1) is 6.54 Å². The van der Waals surface area contributed by atoms with Crippen molar-refractivity contribution < 1.29 is 9.90 Å². The van der Waals surface area contributed by atoms with E-state index in [1.165, 1.54) is 12.8 Å². The molecule has 1 aliphatic heterocycles. The van der Waals surface area contributed by atoms with Crippen LogP contribution in [0, 0.1) is 5.92 Å². The zero-order valence-corrected chi connectivity index (χ0v) is 10.1. The number of carbonyl (C=O) groups is 1. The van der Waals surface area contributed by atoms with Gasteiger partial charge in [0, 0.05) is 18.6 Å². The van der Waals surface area contributed by atoms with Gasteiger partial charge in [-0.2, -0.15) is 0 Å². The molecule has 0 bridgehead atoms. The molecule has 92 valence electrons. The van der Waals surface area contributed by atoms with Crippen molar-refractivity contribution in [3.8, 4) is 0 Å². The topological polar surface area (TPSA) is 52.6 Å². The average Bonchev–Trinajstić information content (AvgIpc) is 2.26. The number of carboxylic acids is 1. The van der Waals surface area contributed by atoms with Crippen molar-refractivity contribution in [3.05, 3.63) is 11.6 Å². The van der Waals surface area contributed by atoms with Gasteiger partial charge >= 0.3 is 5.97 Å². The third-order valence-electron chi connectivity index (χ3n) is 2.77. The molecule has 1 fully saturated rings. The fourth-order valence-corrected chi connectivity index (χ4v) is 2.14. The maximum Gasteiger partial charge on any atom is 0.317 e. The molecule has 5 heteroatoms. The first-order valence-corrected chi connectivity index (χ1v) is 6.06. The largest absolute Gasteiger partial charge is 0.480 e. The Bertz CT molecular complexity index is 246. The first-order chi connectivity index (χ1) is 7.72. The molecule has 0 radical (unpaired) electrons. The lowest BCUT2D eigenvalue weighted by atomic mass is 9.98. The van der Waals surface area contributed by atoms with Crippen LogP contribution in [0.4, 0.5) is 0 Å². The van der Waals surface area contributed by atoms with Gasteiger partial charge in [0.1, 0.15) is 0 Å². The number of carboxylic acid groups (broad SMARTS) is 1. The zero-order chi connectivity index (χ0) is 11.8. The van der Waals surface area contributed by atoms with Crippen molar-refractivity contribution in [3.63, 3.8) is 0 Å². The Morgan fingerprint density at radius 2 is 2.44 bits per heavy atom. The highest BCUT2D eigenvalue weighted by molar-refractivity contribution is 6.25. The lowest BCUT2D eigenvalue weighted by Gasteiger charge is -2.31. The summed E-state index contributed by atoms with van der Waals surface area (Å²) in [6.45, 7) is 3.86. The molecule has 1 atom stereocenters. The maximum absolute atomic E-state index is 10.3. The molecule has 2 N–H and O–H groups in total. The lowest BCUT2D eigenvalue weighted by molar-refractivity contribution is -0.136. The number of piperidine rings is 1. The number of likely N-dealkylation sites (tertiary alicyclic amines) is 1. The quantitative estimate of drug-likeness (QED) is 0.738. The highest BCUT2D eigenvalue weighted by Gasteiger charge is 2.18. The average molecular weight is 247 g/mol. The molecule has 1 unspecified atom stereocenters. The number of hydrogen-bond acceptors (Lipinski definition) is 3. The van der Waals surface area contributed by atoms with Crippen LogP contribution in [-0.2, 0) is 4.79 Å². The van der Waals surface area contributed by atoms with Crippen LogP contribution in [0.25, 0.3) is 0 Å². The molecule has 0 aromatic carbocycles. The Balaban J connectivity index is 2.19. The van der Waals surface area contributed by atoms with Gasteiger partial charge in [-0.3, -0.25) is 9.69 Å². The summed E-state index contributed by atoms with van der Waals surface area (Å²) >= 11 is 5.49. The summed E-state index contributed by atoms with van der Waals surface area (Å²) in [6, 6.07) is 0. The lowest BCUT2D eigenvalue weighted by Crippen LogP contribution is -2.40. The third-order valence-corrected chi connectivity index (χ3v) is 2.94. The van der Waals surface area contributed by atoms with E-state index in [2.05, 4.69) is 10.2 Å². The Morgan fingerprint density at radius 3 is 3.12 bits per heavy atom. The highest BCUT2D eigenvalue weighted by Crippen LogP contribution is 2.15. The number of hydrogen-bond donors (Lipinski definition) is 2. The van der Waals surface area contributed by atoms with Gasteiger partial charge in [-0.15, -0.1) is 0 Å². The molecule has 0 aromatic heterocycles. The monoisotopic (exact) mass is 246 g/mol. The fourth-order valence-electron chi connectivity index (χ4n) is 2.06. The van der Waals surface area contributed by atoms with Gasteiger partial charge in [-0.25, -0.2) is 0 Å². The minimum atomic E-state index is -0.794. The Hall–Kier alpha value is -0.580. The Morgan fingerprint density at radius 1 is 1.62 bits per heavy atom. The van der Waals surface area contributed by atoms with E-state index in [-0.39, 0.29) is 6.54 Å². The van der Waals surface area contributed by atoms with Crippen LogP contribution in [0.1, 0.15) is 12.8 Å². The number of aliphatic carboxylic acids is 1. The normalized spacial score (nSPS) is 22.7. The van der Waals surface area contributed by atoms with Crippen molar-refractivity contribution in [2.24, 2.45) is 5.92 Å². The highest BCUT2D eigenvalue weighted by atomic mass is 35.5. The van der Waals surface area contributed by atoms with Crippen molar-refractivity contribution in [1.82, 2.24) is 10.2 Å². The smallest absolute Gasteiger partial charge is 0.317 e. The van der Waals surface area contributed by atoms with Crippen molar-refractivity contribution in [2.75, 3.05) is 32.7 Å². The summed E-state index contributed by atoms with van der Waals surface area (Å²) in [5.41, 5.74) is 1.55. The first kappa shape index (κ1) is 13.5. The molecular weight excluding hydrogens is 228 g/mol. The summed E-state index contributed by atoms with van der Waals surface area (Å²) in [6.07, 6.45) is 4.29. The van der Waals surface area contributed by atoms with E-state index >= 15 is 0 Å². The number of rotatable bonds is 6. The van der Waals surface area contributed by atoms with Crippen LogP contribution in [0.2, 0.25) is 0 Å². The van der Waals surface area contributed by atoms with Gasteiger partial charge < -0.3 is 10.4 Å². The van der Waals surface area contributed by atoms with Crippen LogP contribution in [0.15, 0.2) is 11.6 Å². The van der Waals surface area contributed by atoms with Crippen LogP contribution >= 0.6 is 11.6 Å². The second-order valence-corrected chi connectivity index (χ2v) is 4.41. The minimum absolute atomic E-state index is 0.0537. The van der Waals surface area contributed by atoms with Crippen molar-refractivity contribution in [1.29, 1.82) is 0 Å². The molecule has 0 aliphatic carbocycles. The molecule has 1 rings (SSSR count). The van der Waals surface area contributed by atoms with Crippen LogP contribution < -0.4 is 5.32 Å². The van der Waals surface area contributed by atoms with Crippen LogP contribution in [-0.4, -0.2) is 48.7 Å². The van der Waals surface area contributed by atoms with Crippen LogP contribution in [0.5, 0.6) is 0 Å². The summed E-state index contributed by atoms with van der Waals surface area (Å²) in [7, 11) is 0. The van der Waals surface area contributed by atoms with Gasteiger partial charge in [0.15, 0.2) is 0 Å². The SMILES string of the molecule is O=C(O)CNCC1CCCN(C/C=C/Cl)C1. The van der Waals surface area contributed by atoms with Crippen LogP contribution in [0.3, 0.4) is 0 Å². The number of halogens is 1. The molecule has 1 saturated heterocycles. The van der Waals surface area contributed by atoms with E-state index in [9.17, 15) is 4.79 Å². The maximum atomic E-state index is 10.3. The van der Waals surface area contributed by atoms with E-state index in [1.807, 2.05) is 6.08 Å². The first-order valence-electron chi connectivity index (χ1n) is 5.62. The molecule has 0 amide bonds. The van der Waals surface area contributed by atoms with E-state index in [1.54, 1.807) is 5.54 Å². The molecule has 0 saturated carbocycles. The van der Waals surface area contributed by atoms with E-state index in [4.69, 9.17) is 16.7 Å². The molecule has 1 heterocycles. The summed E-state index contributed by atoms with van der Waals surface area (Å²) in [4.78, 5) is 12.7. The minimum Gasteiger partial charge on any atom is -0.480 e. The standard InChI is InChI=1S/C11H19ClN2O2/c12-4-2-6-14-5-1-3-10(9-14)7-13-8-11(15)16/h2,4,10,13H,1,3,5-9H2,(H,15,16)/b4-2+. The number of nitrogens with one attached hydrogen (secondary N) is 1. The molecular formula is C11H19ClN2O2. The predicted octanol–water partition coefficient (Wildman–Crippen LogP) is 1.13. The number of nitrogens with zero attached hydrogens (tertiary/aromatic N) is 1. The molecule has 1 aliphatic rings. The van der Waals surface area contributed by atoms with E-state index in [0.717, 1.165) is 26.2 Å². The van der Waals surface area contributed by atoms with Crippen molar-refractivity contribution >= 4 is 17.6 Å². The van der Waals surface area contributed by atoms with E-state index < -0.39 is 5.97 Å². The van der Waals surface area contributed by atoms with Gasteiger partial charge in [0.25, 0.3) is 0 Å². The molecule has 4 nitrogen and oxygen atoms in total. The predicted molar refractivity (Wildman–Crippen MR) is 64.7 cm³/mol. The molecule has 0 aromatic rings. The summed E-state index contributed by atoms with van der Waals surface area (Å²) in [5.74, 6) is -0.241. The Kier molecular flexibility index (Phi) is 6.45. The van der Waals surface area contributed by atoms with Crippen molar-refractivity contribution in [2.45, 2.75) is 12.8 Å².